The normalized spacial score (nSPS) is 32.2. The molecular weight excluding hydrogens is 305 g/mol. The molecule has 0 unspecified atom stereocenters. The Kier molecular flexibility index (Phi) is 3.37. The first kappa shape index (κ1) is 14.4. The van der Waals surface area contributed by atoms with E-state index in [4.69, 9.17) is 15.1 Å². The molecule has 1 aliphatic carbocycles. The van der Waals surface area contributed by atoms with E-state index in [1.807, 2.05) is 12.1 Å². The molecule has 3 aliphatic rings. The fraction of sp³-hybridized carbons (Fsp3) is 0.500. The van der Waals surface area contributed by atoms with E-state index in [0.717, 1.165) is 12.0 Å². The maximum atomic E-state index is 11.7. The summed E-state index contributed by atoms with van der Waals surface area (Å²) in [6.45, 7) is 1.00. The van der Waals surface area contributed by atoms with E-state index in [1.165, 1.54) is 11.8 Å². The van der Waals surface area contributed by atoms with E-state index in [2.05, 4.69) is 0 Å². The summed E-state index contributed by atoms with van der Waals surface area (Å²) in [6, 6.07) is 3.64. The number of benzene rings is 1. The zero-order chi connectivity index (χ0) is 15.4. The van der Waals surface area contributed by atoms with Crippen molar-refractivity contribution in [2.75, 3.05) is 13.2 Å². The predicted octanol–water partition coefficient (Wildman–Crippen LogP) is 0.933. The van der Waals surface area contributed by atoms with Crippen LogP contribution in [0.4, 0.5) is 0 Å². The first-order valence-electron chi connectivity index (χ1n) is 7.31. The smallest absolute Gasteiger partial charge is 0.526 e. The van der Waals surface area contributed by atoms with Crippen molar-refractivity contribution in [1.82, 2.24) is 0 Å². The molecule has 1 saturated carbocycles. The third-order valence-electron chi connectivity index (χ3n) is 4.56. The number of ether oxygens (including phenoxy) is 1. The van der Waals surface area contributed by atoms with Gasteiger partial charge in [-0.3, -0.25) is 0 Å². The maximum Gasteiger partial charge on any atom is 0.526 e. The van der Waals surface area contributed by atoms with Gasteiger partial charge in [0.15, 0.2) is 0 Å². The van der Waals surface area contributed by atoms with Crippen molar-refractivity contribution in [3.8, 4) is 5.75 Å². The van der Waals surface area contributed by atoms with Gasteiger partial charge in [-0.15, -0.1) is 11.8 Å². The van der Waals surface area contributed by atoms with Crippen LogP contribution < -0.4 is 10.4 Å². The van der Waals surface area contributed by atoms with Crippen LogP contribution in [-0.4, -0.2) is 47.7 Å². The van der Waals surface area contributed by atoms with Crippen LogP contribution in [0.2, 0.25) is 5.82 Å². The van der Waals surface area contributed by atoms with Crippen molar-refractivity contribution in [1.29, 1.82) is 0 Å². The Morgan fingerprint density at radius 2 is 2.23 bits per heavy atom. The van der Waals surface area contributed by atoms with Crippen LogP contribution in [0.3, 0.4) is 0 Å². The van der Waals surface area contributed by atoms with Gasteiger partial charge in [-0.05, 0) is 24.0 Å². The van der Waals surface area contributed by atoms with E-state index in [1.54, 1.807) is 0 Å². The van der Waals surface area contributed by atoms with Gasteiger partial charge in [0.2, 0.25) is 0 Å². The minimum atomic E-state index is -1.04. The molecule has 0 radical (unpaired) electrons. The average Bonchev–Trinajstić information content (AvgIpc) is 3.18. The number of carboxylic acid groups (broad SMARTS) is 1. The van der Waals surface area contributed by atoms with Crippen LogP contribution in [0.5, 0.6) is 5.75 Å². The molecule has 4 atom stereocenters. The van der Waals surface area contributed by atoms with Crippen molar-refractivity contribution < 1.29 is 24.3 Å². The molecule has 22 heavy (non-hydrogen) atoms. The van der Waals surface area contributed by atoms with Gasteiger partial charge in [-0.2, -0.15) is 0 Å². The number of rotatable bonds is 3. The lowest BCUT2D eigenvalue weighted by atomic mass is 9.77. The van der Waals surface area contributed by atoms with Gasteiger partial charge in [-0.1, -0.05) is 6.07 Å². The summed E-state index contributed by atoms with van der Waals surface area (Å²) in [5.41, 5.74) is 7.00. The van der Waals surface area contributed by atoms with E-state index < -0.39 is 13.1 Å². The molecule has 2 fully saturated rings. The number of fused-ring (bicyclic) bond motifs is 3. The molecule has 4 rings (SSSR count). The Morgan fingerprint density at radius 1 is 1.41 bits per heavy atom. The Bertz CT molecular complexity index is 642. The molecule has 8 heteroatoms. The van der Waals surface area contributed by atoms with Crippen LogP contribution in [0.25, 0.3) is 0 Å². The summed E-state index contributed by atoms with van der Waals surface area (Å²) in [4.78, 5) is 12.4. The summed E-state index contributed by atoms with van der Waals surface area (Å²) in [5, 5.41) is 19.6. The highest BCUT2D eigenvalue weighted by atomic mass is 32.2. The first-order valence-corrected chi connectivity index (χ1v) is 8.19. The molecular formula is C14H16BNO5S. The van der Waals surface area contributed by atoms with Gasteiger partial charge in [0.05, 0.1) is 18.5 Å². The second kappa shape index (κ2) is 5.16. The number of hydrogen-bond acceptors (Lipinski definition) is 6. The fourth-order valence-corrected chi connectivity index (χ4v) is 4.42. The second-order valence-electron chi connectivity index (χ2n) is 6.03. The lowest BCUT2D eigenvalue weighted by Gasteiger charge is -2.23. The highest BCUT2D eigenvalue weighted by Gasteiger charge is 2.54. The largest absolute Gasteiger partial charge is 0.535 e. The number of aromatic carboxylic acids is 1. The molecule has 2 heterocycles. The van der Waals surface area contributed by atoms with Gasteiger partial charge < -0.3 is 25.3 Å². The van der Waals surface area contributed by atoms with Crippen LogP contribution in [0.1, 0.15) is 28.3 Å². The van der Waals surface area contributed by atoms with E-state index in [0.29, 0.717) is 23.9 Å². The number of carboxylic acids is 1. The van der Waals surface area contributed by atoms with Crippen molar-refractivity contribution in [3.63, 3.8) is 0 Å². The number of carbonyl (C=O) groups is 1. The summed E-state index contributed by atoms with van der Waals surface area (Å²) in [5.74, 6) is -0.411. The molecule has 1 aromatic carbocycles. The van der Waals surface area contributed by atoms with Crippen LogP contribution >= 0.6 is 11.8 Å². The molecule has 0 spiro atoms. The van der Waals surface area contributed by atoms with Crippen LogP contribution in [-0.2, 0) is 4.74 Å². The van der Waals surface area contributed by atoms with Crippen molar-refractivity contribution >= 4 is 24.8 Å². The quantitative estimate of drug-likeness (QED) is 0.712. The third-order valence-corrected chi connectivity index (χ3v) is 5.94. The lowest BCUT2D eigenvalue weighted by molar-refractivity contribution is 0.0690. The second-order valence-corrected chi connectivity index (χ2v) is 7.32. The number of nitrogens with two attached hydrogens (primary N) is 1. The van der Waals surface area contributed by atoms with Crippen LogP contribution in [0, 0.1) is 0 Å². The lowest BCUT2D eigenvalue weighted by Crippen LogP contribution is -2.31. The third kappa shape index (κ3) is 2.22. The first-order chi connectivity index (χ1) is 10.6. The molecule has 1 aromatic rings. The van der Waals surface area contributed by atoms with Gasteiger partial charge in [0.25, 0.3) is 0 Å². The summed E-state index contributed by atoms with van der Waals surface area (Å²) in [6.07, 6.45) is 0.848. The zero-order valence-electron chi connectivity index (χ0n) is 11.8. The van der Waals surface area contributed by atoms with Gasteiger partial charge in [0.1, 0.15) is 11.3 Å². The van der Waals surface area contributed by atoms with Crippen molar-refractivity contribution in [2.45, 2.75) is 34.3 Å². The highest BCUT2D eigenvalue weighted by Crippen LogP contribution is 2.60. The Labute approximate surface area is 132 Å². The number of hydrogen-bond donors (Lipinski definition) is 3. The fourth-order valence-electron chi connectivity index (χ4n) is 3.23. The van der Waals surface area contributed by atoms with Crippen LogP contribution in [0.15, 0.2) is 17.0 Å². The molecule has 0 bridgehead atoms. The summed E-state index contributed by atoms with van der Waals surface area (Å²) < 4.78 is 10.8. The molecule has 6 nitrogen and oxygen atoms in total. The molecule has 116 valence electrons. The minimum Gasteiger partial charge on any atom is -0.535 e. The molecule has 4 N–H and O–H groups in total. The summed E-state index contributed by atoms with van der Waals surface area (Å²) >= 11 is 1.41. The zero-order valence-corrected chi connectivity index (χ0v) is 12.6. The van der Waals surface area contributed by atoms with Gasteiger partial charge in [-0.25, -0.2) is 4.79 Å². The maximum absolute atomic E-state index is 11.7. The monoisotopic (exact) mass is 321 g/mol. The SMILES string of the molecule is N[C@H]1COC[C@H]1Sc1ccc2c(c1C(=O)O)OB(O)[C@@H]1C[C@H]21. The topological polar surface area (TPSA) is 102 Å². The Morgan fingerprint density at radius 3 is 2.91 bits per heavy atom. The predicted molar refractivity (Wildman–Crippen MR) is 81.5 cm³/mol. The molecule has 0 aromatic heterocycles. The summed E-state index contributed by atoms with van der Waals surface area (Å²) in [7, 11) is -0.909. The number of thioether (sulfide) groups is 1. The van der Waals surface area contributed by atoms with Gasteiger partial charge >= 0.3 is 13.1 Å². The highest BCUT2D eigenvalue weighted by molar-refractivity contribution is 8.00. The minimum absolute atomic E-state index is 0.0262. The van der Waals surface area contributed by atoms with Gasteiger partial charge in [0, 0.05) is 16.8 Å². The molecule has 1 saturated heterocycles. The molecule has 0 amide bonds. The van der Waals surface area contributed by atoms with E-state index >= 15 is 0 Å². The van der Waals surface area contributed by atoms with Crippen molar-refractivity contribution in [2.24, 2.45) is 5.73 Å². The Balaban J connectivity index is 1.73. The van der Waals surface area contributed by atoms with Crippen molar-refractivity contribution in [3.05, 3.63) is 23.3 Å². The average molecular weight is 321 g/mol. The van der Waals surface area contributed by atoms with E-state index in [-0.39, 0.29) is 28.6 Å². The standard InChI is InChI=1S/C14H16BNO5S/c16-9-4-20-5-11(9)22-10-2-1-6-7-3-8(7)15(19)21-13(6)12(10)14(17)18/h1-2,7-9,11,19H,3-5,16H2,(H,17,18)/t7-,8-,9+,11-/m1/s1. The molecule has 2 aliphatic heterocycles. The van der Waals surface area contributed by atoms with E-state index in [9.17, 15) is 14.9 Å². The Hall–Kier alpha value is -1.22.